The highest BCUT2D eigenvalue weighted by atomic mass is 35.5. The predicted octanol–water partition coefficient (Wildman–Crippen LogP) is 2.25. The Kier molecular flexibility index (Phi) is 5.57. The molecule has 0 heterocycles. The molecule has 0 fully saturated rings. The van der Waals surface area contributed by atoms with Crippen LogP contribution in [0.4, 0.5) is 0 Å². The third-order valence-electron chi connectivity index (χ3n) is 1.10. The molecule has 0 rings (SSSR count). The molecule has 0 atom stereocenters. The van der Waals surface area contributed by atoms with Gasteiger partial charge in [0.15, 0.2) is 6.07 Å². The second-order valence-corrected chi connectivity index (χ2v) is 2.17. The maximum absolute atomic E-state index is 10.8. The van der Waals surface area contributed by atoms with E-state index < -0.39 is 0 Å². The Morgan fingerprint density at radius 2 is 2.36 bits per heavy atom. The number of hydrogen-bond donors (Lipinski definition) is 0. The molecule has 0 unspecified atom stereocenters. The number of halogens is 1. The van der Waals surface area contributed by atoms with Crippen LogP contribution in [0.5, 0.6) is 0 Å². The van der Waals surface area contributed by atoms with Gasteiger partial charge in [-0.3, -0.25) is 0 Å². The minimum atomic E-state index is -0.373. The van der Waals surface area contributed by atoms with Gasteiger partial charge in [0, 0.05) is 5.57 Å². The maximum Gasteiger partial charge on any atom is 0.334 e. The highest BCUT2D eigenvalue weighted by molar-refractivity contribution is 6.17. The fraction of sp³-hybridized carbons (Fsp3) is 0.375. The van der Waals surface area contributed by atoms with Crippen molar-refractivity contribution in [2.24, 2.45) is 0 Å². The number of ether oxygens (including phenoxy) is 1. The molecule has 0 saturated heterocycles. The first-order valence-corrected chi connectivity index (χ1v) is 3.76. The summed E-state index contributed by atoms with van der Waals surface area (Å²) >= 11 is 5.18. The van der Waals surface area contributed by atoms with Crippen molar-refractivity contribution >= 4 is 17.6 Å². The lowest BCUT2D eigenvalue weighted by atomic mass is 10.2. The molecule has 2 nitrogen and oxygen atoms in total. The Labute approximate surface area is 71.5 Å². The summed E-state index contributed by atoms with van der Waals surface area (Å²) in [6.07, 6.45) is 4.11. The Bertz CT molecular complexity index is 173. The van der Waals surface area contributed by atoms with Gasteiger partial charge in [0.05, 0.1) is 0 Å². The van der Waals surface area contributed by atoms with Crippen molar-refractivity contribution in [3.8, 4) is 0 Å². The number of rotatable bonds is 4. The standard InChI is InChI=1S/C8H11ClO2/c1-3-4-5-7(2)8(10)11-6-9/h3,5H,1,4,6H2,2H3. The molecule has 0 amide bonds. The number of allylic oxidation sites excluding steroid dienone is 2. The van der Waals surface area contributed by atoms with Crippen LogP contribution < -0.4 is 0 Å². The van der Waals surface area contributed by atoms with Crippen LogP contribution in [0.15, 0.2) is 24.3 Å². The minimum absolute atomic E-state index is 0.0991. The summed E-state index contributed by atoms with van der Waals surface area (Å²) < 4.78 is 4.52. The van der Waals surface area contributed by atoms with E-state index in [-0.39, 0.29) is 12.0 Å². The van der Waals surface area contributed by atoms with Crippen LogP contribution in [-0.4, -0.2) is 12.0 Å². The van der Waals surface area contributed by atoms with Gasteiger partial charge >= 0.3 is 5.97 Å². The Morgan fingerprint density at radius 1 is 1.73 bits per heavy atom. The highest BCUT2D eigenvalue weighted by Crippen LogP contribution is 1.99. The molecular weight excluding hydrogens is 164 g/mol. The summed E-state index contributed by atoms with van der Waals surface area (Å²) in [4.78, 5) is 10.8. The van der Waals surface area contributed by atoms with E-state index in [1.165, 1.54) is 0 Å². The molecule has 0 bridgehead atoms. The zero-order valence-corrected chi connectivity index (χ0v) is 7.23. The van der Waals surface area contributed by atoms with Gasteiger partial charge in [0.25, 0.3) is 0 Å². The number of carbonyl (C=O) groups is 1. The van der Waals surface area contributed by atoms with Crippen LogP contribution >= 0.6 is 11.6 Å². The van der Waals surface area contributed by atoms with Crippen LogP contribution in [0, 0.1) is 0 Å². The third kappa shape index (κ3) is 4.62. The zero-order chi connectivity index (χ0) is 8.69. The molecule has 0 N–H and O–H groups in total. The van der Waals surface area contributed by atoms with E-state index >= 15 is 0 Å². The molecule has 0 aliphatic carbocycles. The Morgan fingerprint density at radius 3 is 2.82 bits per heavy atom. The van der Waals surface area contributed by atoms with Crippen molar-refractivity contribution in [3.63, 3.8) is 0 Å². The van der Waals surface area contributed by atoms with Gasteiger partial charge in [-0.1, -0.05) is 23.8 Å². The van der Waals surface area contributed by atoms with E-state index in [1.807, 2.05) is 0 Å². The fourth-order valence-electron chi connectivity index (χ4n) is 0.507. The largest absolute Gasteiger partial charge is 0.446 e. The fourth-order valence-corrected chi connectivity index (χ4v) is 0.606. The first kappa shape index (κ1) is 10.2. The van der Waals surface area contributed by atoms with Crippen LogP contribution in [0.3, 0.4) is 0 Å². The average Bonchev–Trinajstić information content (AvgIpc) is 2.00. The lowest BCUT2D eigenvalue weighted by Crippen LogP contribution is -2.03. The molecule has 0 aromatic carbocycles. The van der Waals surface area contributed by atoms with E-state index in [4.69, 9.17) is 11.6 Å². The number of esters is 1. The van der Waals surface area contributed by atoms with Crippen LogP contribution in [0.25, 0.3) is 0 Å². The highest BCUT2D eigenvalue weighted by Gasteiger charge is 2.02. The summed E-state index contributed by atoms with van der Waals surface area (Å²) in [6.45, 7) is 5.19. The van der Waals surface area contributed by atoms with Crippen molar-refractivity contribution in [2.45, 2.75) is 13.3 Å². The van der Waals surface area contributed by atoms with Gasteiger partial charge in [-0.05, 0) is 13.3 Å². The average molecular weight is 175 g/mol. The van der Waals surface area contributed by atoms with Crippen molar-refractivity contribution in [2.75, 3.05) is 6.07 Å². The number of alkyl halides is 1. The smallest absolute Gasteiger partial charge is 0.334 e. The summed E-state index contributed by atoms with van der Waals surface area (Å²) in [5.41, 5.74) is 0.561. The van der Waals surface area contributed by atoms with Crippen molar-refractivity contribution in [3.05, 3.63) is 24.3 Å². The molecule has 62 valence electrons. The van der Waals surface area contributed by atoms with E-state index in [1.54, 1.807) is 19.1 Å². The number of carbonyl (C=O) groups excluding carboxylic acids is 1. The quantitative estimate of drug-likeness (QED) is 0.283. The van der Waals surface area contributed by atoms with Crippen LogP contribution in [-0.2, 0) is 9.53 Å². The zero-order valence-electron chi connectivity index (χ0n) is 6.47. The third-order valence-corrected chi connectivity index (χ3v) is 1.21. The summed E-state index contributed by atoms with van der Waals surface area (Å²) in [5, 5.41) is 0. The minimum Gasteiger partial charge on any atom is -0.446 e. The lowest BCUT2D eigenvalue weighted by Gasteiger charge is -1.98. The summed E-state index contributed by atoms with van der Waals surface area (Å²) in [6, 6.07) is -0.0991. The topological polar surface area (TPSA) is 26.3 Å². The van der Waals surface area contributed by atoms with E-state index in [0.717, 1.165) is 0 Å². The van der Waals surface area contributed by atoms with Crippen molar-refractivity contribution < 1.29 is 9.53 Å². The van der Waals surface area contributed by atoms with Crippen molar-refractivity contribution in [1.29, 1.82) is 0 Å². The molecule has 0 aliphatic rings. The monoisotopic (exact) mass is 174 g/mol. The summed E-state index contributed by atoms with van der Waals surface area (Å²) in [5.74, 6) is -0.373. The predicted molar refractivity (Wildman–Crippen MR) is 45.4 cm³/mol. The van der Waals surface area contributed by atoms with Crippen LogP contribution in [0.2, 0.25) is 0 Å². The molecule has 0 aromatic rings. The van der Waals surface area contributed by atoms with Gasteiger partial charge in [-0.2, -0.15) is 0 Å². The second-order valence-electron chi connectivity index (χ2n) is 1.95. The Balaban J connectivity index is 3.89. The van der Waals surface area contributed by atoms with Gasteiger partial charge in [0.2, 0.25) is 0 Å². The normalized spacial score (nSPS) is 10.9. The van der Waals surface area contributed by atoms with Gasteiger partial charge in [-0.25, -0.2) is 4.79 Å². The van der Waals surface area contributed by atoms with E-state index in [0.29, 0.717) is 12.0 Å². The number of hydrogen-bond acceptors (Lipinski definition) is 2. The molecule has 0 saturated carbocycles. The second kappa shape index (κ2) is 5.98. The van der Waals surface area contributed by atoms with Gasteiger partial charge in [-0.15, -0.1) is 6.58 Å². The molecule has 3 heteroatoms. The summed E-state index contributed by atoms with van der Waals surface area (Å²) in [7, 11) is 0. The molecule has 0 aromatic heterocycles. The van der Waals surface area contributed by atoms with E-state index in [9.17, 15) is 4.79 Å². The van der Waals surface area contributed by atoms with Crippen LogP contribution in [0.1, 0.15) is 13.3 Å². The van der Waals surface area contributed by atoms with E-state index in [2.05, 4.69) is 11.3 Å². The SMILES string of the molecule is C=CCC=C(C)C(=O)OCCl. The lowest BCUT2D eigenvalue weighted by molar-refractivity contribution is -0.136. The Hall–Kier alpha value is -0.760. The molecule has 0 spiro atoms. The van der Waals surface area contributed by atoms with Gasteiger partial charge < -0.3 is 4.74 Å². The molecular formula is C8H11ClO2. The van der Waals surface area contributed by atoms with Crippen molar-refractivity contribution in [1.82, 2.24) is 0 Å². The maximum atomic E-state index is 10.8. The molecule has 0 radical (unpaired) electrons. The first-order chi connectivity index (χ1) is 5.22. The first-order valence-electron chi connectivity index (χ1n) is 3.23. The van der Waals surface area contributed by atoms with Gasteiger partial charge in [0.1, 0.15) is 0 Å². The molecule has 0 aliphatic heterocycles. The molecule has 11 heavy (non-hydrogen) atoms.